The van der Waals surface area contributed by atoms with Gasteiger partial charge in [0.15, 0.2) is 0 Å². The molecular weight excluding hydrogens is 258 g/mol. The first-order chi connectivity index (χ1) is 9.83. The zero-order valence-electron chi connectivity index (χ0n) is 14.0. The maximum Gasteiger partial charge on any atom is 0.123 e. The fraction of sp³-hybridized carbons (Fsp3) is 0.684. The van der Waals surface area contributed by atoms with Gasteiger partial charge in [0.25, 0.3) is 0 Å². The highest BCUT2D eigenvalue weighted by Gasteiger charge is 2.30. The highest BCUT2D eigenvalue weighted by atomic mass is 16.5. The fourth-order valence-electron chi connectivity index (χ4n) is 3.91. The van der Waals surface area contributed by atoms with Gasteiger partial charge in [0.05, 0.1) is 0 Å². The molecule has 116 valence electrons. The number of hydrogen-bond donors (Lipinski definition) is 1. The Kier molecular flexibility index (Phi) is 3.77. The first-order valence-electron chi connectivity index (χ1n) is 8.37. The second-order valence-electron chi connectivity index (χ2n) is 8.32. The first-order valence-corrected chi connectivity index (χ1v) is 8.37. The minimum Gasteiger partial charge on any atom is -0.487 e. The van der Waals surface area contributed by atoms with Crippen molar-refractivity contribution in [1.82, 2.24) is 5.32 Å². The minimum absolute atomic E-state index is 0.0399. The topological polar surface area (TPSA) is 21.3 Å². The molecule has 0 radical (unpaired) electrons. The molecule has 0 spiro atoms. The summed E-state index contributed by atoms with van der Waals surface area (Å²) in [5.41, 5.74) is 3.22. The summed E-state index contributed by atoms with van der Waals surface area (Å²) < 4.78 is 5.95. The maximum absolute atomic E-state index is 5.95. The van der Waals surface area contributed by atoms with Crippen LogP contribution >= 0.6 is 0 Å². The van der Waals surface area contributed by atoms with Crippen LogP contribution in [0.15, 0.2) is 18.2 Å². The highest BCUT2D eigenvalue weighted by Crippen LogP contribution is 2.36. The summed E-state index contributed by atoms with van der Waals surface area (Å²) >= 11 is 0. The molecule has 0 amide bonds. The van der Waals surface area contributed by atoms with E-state index in [1.807, 2.05) is 0 Å². The Morgan fingerprint density at radius 2 is 2.05 bits per heavy atom. The van der Waals surface area contributed by atoms with E-state index >= 15 is 0 Å². The number of benzene rings is 1. The largest absolute Gasteiger partial charge is 0.487 e. The van der Waals surface area contributed by atoms with E-state index in [9.17, 15) is 0 Å². The Bertz CT molecular complexity index is 518. The molecule has 1 aliphatic heterocycles. The number of hydrogen-bond acceptors (Lipinski definition) is 2. The van der Waals surface area contributed by atoms with E-state index in [1.165, 1.54) is 36.8 Å². The molecule has 1 N–H and O–H groups in total. The van der Waals surface area contributed by atoms with Crippen molar-refractivity contribution in [1.29, 1.82) is 0 Å². The van der Waals surface area contributed by atoms with Crippen molar-refractivity contribution in [2.75, 3.05) is 0 Å². The van der Waals surface area contributed by atoms with Gasteiger partial charge in [0.2, 0.25) is 0 Å². The molecule has 0 bridgehead atoms. The molecule has 2 nitrogen and oxygen atoms in total. The average molecular weight is 287 g/mol. The Labute approximate surface area is 129 Å². The molecule has 1 aromatic rings. The molecular formula is C19H29NO. The molecule has 1 saturated carbocycles. The molecule has 1 fully saturated rings. The van der Waals surface area contributed by atoms with Crippen molar-refractivity contribution < 1.29 is 4.74 Å². The lowest BCUT2D eigenvalue weighted by atomic mass is 9.75. The van der Waals surface area contributed by atoms with Crippen LogP contribution in [0.2, 0.25) is 0 Å². The molecule has 1 atom stereocenters. The quantitative estimate of drug-likeness (QED) is 0.886. The molecule has 1 unspecified atom stereocenters. The summed E-state index contributed by atoms with van der Waals surface area (Å²) in [5, 5.41) is 3.76. The Morgan fingerprint density at radius 1 is 1.24 bits per heavy atom. The molecule has 1 aliphatic carbocycles. The van der Waals surface area contributed by atoms with Gasteiger partial charge in [-0.25, -0.2) is 0 Å². The van der Waals surface area contributed by atoms with Crippen molar-refractivity contribution in [2.45, 2.75) is 78.0 Å². The van der Waals surface area contributed by atoms with Crippen molar-refractivity contribution in [2.24, 2.45) is 5.41 Å². The zero-order valence-corrected chi connectivity index (χ0v) is 14.0. The number of rotatable bonds is 3. The molecule has 0 saturated heterocycles. The zero-order chi connectivity index (χ0) is 15.1. The smallest absolute Gasteiger partial charge is 0.123 e. The third kappa shape index (κ3) is 3.60. The van der Waals surface area contributed by atoms with Gasteiger partial charge in [-0.15, -0.1) is 0 Å². The molecule has 1 heterocycles. The lowest BCUT2D eigenvalue weighted by Crippen LogP contribution is -2.36. The Morgan fingerprint density at radius 3 is 2.81 bits per heavy atom. The maximum atomic E-state index is 5.95. The first kappa shape index (κ1) is 14.9. The monoisotopic (exact) mass is 287 g/mol. The third-order valence-corrected chi connectivity index (χ3v) is 4.93. The van der Waals surface area contributed by atoms with Gasteiger partial charge >= 0.3 is 0 Å². The molecule has 2 heteroatoms. The lowest BCUT2D eigenvalue weighted by molar-refractivity contribution is 0.138. The van der Waals surface area contributed by atoms with Gasteiger partial charge in [0.1, 0.15) is 11.4 Å². The predicted octanol–water partition coefficient (Wildman–Crippen LogP) is 4.46. The summed E-state index contributed by atoms with van der Waals surface area (Å²) in [6.45, 7) is 10.1. The van der Waals surface area contributed by atoms with Crippen LogP contribution in [-0.4, -0.2) is 11.6 Å². The third-order valence-electron chi connectivity index (χ3n) is 4.93. The van der Waals surface area contributed by atoms with E-state index in [4.69, 9.17) is 4.74 Å². The molecule has 3 rings (SSSR count). The Balaban J connectivity index is 1.60. The fourth-order valence-corrected chi connectivity index (χ4v) is 3.91. The van der Waals surface area contributed by atoms with Crippen LogP contribution in [0.5, 0.6) is 5.75 Å². The minimum atomic E-state index is -0.0399. The van der Waals surface area contributed by atoms with Gasteiger partial charge in [-0.2, -0.15) is 0 Å². The van der Waals surface area contributed by atoms with E-state index in [2.05, 4.69) is 51.2 Å². The van der Waals surface area contributed by atoms with Crippen molar-refractivity contribution in [3.05, 3.63) is 29.3 Å². The molecule has 1 aromatic carbocycles. The Hall–Kier alpha value is -1.02. The summed E-state index contributed by atoms with van der Waals surface area (Å²) in [6, 6.07) is 7.35. The number of ether oxygens (including phenoxy) is 1. The van der Waals surface area contributed by atoms with Crippen LogP contribution < -0.4 is 10.1 Å². The van der Waals surface area contributed by atoms with Gasteiger partial charge in [0, 0.05) is 19.0 Å². The van der Waals surface area contributed by atoms with Crippen LogP contribution in [0.4, 0.5) is 0 Å². The average Bonchev–Trinajstić information content (AvgIpc) is 2.68. The lowest BCUT2D eigenvalue weighted by Gasteiger charge is -2.35. The van der Waals surface area contributed by atoms with E-state index in [1.54, 1.807) is 0 Å². The summed E-state index contributed by atoms with van der Waals surface area (Å²) in [6.07, 6.45) is 6.37. The summed E-state index contributed by atoms with van der Waals surface area (Å²) in [5.74, 6) is 1.07. The second kappa shape index (κ2) is 5.31. The van der Waals surface area contributed by atoms with E-state index in [0.717, 1.165) is 18.7 Å². The van der Waals surface area contributed by atoms with Crippen molar-refractivity contribution >= 4 is 0 Å². The summed E-state index contributed by atoms with van der Waals surface area (Å²) in [7, 11) is 0. The van der Waals surface area contributed by atoms with Crippen LogP contribution in [0.3, 0.4) is 0 Å². The van der Waals surface area contributed by atoms with Gasteiger partial charge in [-0.1, -0.05) is 32.4 Å². The van der Waals surface area contributed by atoms with Gasteiger partial charge < -0.3 is 10.1 Å². The summed E-state index contributed by atoms with van der Waals surface area (Å²) in [4.78, 5) is 0. The van der Waals surface area contributed by atoms with Crippen LogP contribution in [0.25, 0.3) is 0 Å². The van der Waals surface area contributed by atoms with Crippen LogP contribution in [0, 0.1) is 5.41 Å². The SMILES string of the molecule is CC1(C)CCCC(NCc2ccc3c(c2)CC(C)(C)O3)C1. The molecule has 21 heavy (non-hydrogen) atoms. The van der Waals surface area contributed by atoms with E-state index < -0.39 is 0 Å². The molecule has 2 aliphatic rings. The normalized spacial score (nSPS) is 26.2. The number of nitrogens with one attached hydrogen (secondary N) is 1. The highest BCUT2D eigenvalue weighted by molar-refractivity contribution is 5.41. The van der Waals surface area contributed by atoms with E-state index in [-0.39, 0.29) is 5.60 Å². The van der Waals surface area contributed by atoms with E-state index in [0.29, 0.717) is 11.5 Å². The van der Waals surface area contributed by atoms with Crippen molar-refractivity contribution in [3.8, 4) is 5.75 Å². The van der Waals surface area contributed by atoms with Gasteiger partial charge in [-0.05, 0) is 55.7 Å². The predicted molar refractivity (Wildman–Crippen MR) is 87.7 cm³/mol. The van der Waals surface area contributed by atoms with Crippen molar-refractivity contribution in [3.63, 3.8) is 0 Å². The number of fused-ring (bicyclic) bond motifs is 1. The van der Waals surface area contributed by atoms with Crippen LogP contribution in [0.1, 0.15) is 64.5 Å². The van der Waals surface area contributed by atoms with Crippen LogP contribution in [-0.2, 0) is 13.0 Å². The molecule has 0 aromatic heterocycles. The second-order valence-corrected chi connectivity index (χ2v) is 8.32. The van der Waals surface area contributed by atoms with Gasteiger partial charge in [-0.3, -0.25) is 0 Å². The standard InChI is InChI=1S/C19H29NO/c1-18(2)9-5-6-16(12-18)20-13-14-7-8-17-15(10-14)11-19(3,4)21-17/h7-8,10,16,20H,5-6,9,11-13H2,1-4H3.